The highest BCUT2D eigenvalue weighted by atomic mass is 16.3. The summed E-state index contributed by atoms with van der Waals surface area (Å²) in [7, 11) is 0. The molecule has 1 amide bonds. The van der Waals surface area contributed by atoms with E-state index < -0.39 is 0 Å². The second kappa shape index (κ2) is 6.01. The maximum Gasteiger partial charge on any atom is 0.251 e. The molecule has 0 saturated heterocycles. The number of benzene rings is 1. The smallest absolute Gasteiger partial charge is 0.251 e. The first-order chi connectivity index (χ1) is 10.2. The lowest BCUT2D eigenvalue weighted by molar-refractivity contribution is 0.0867. The fourth-order valence-corrected chi connectivity index (χ4v) is 2.53. The summed E-state index contributed by atoms with van der Waals surface area (Å²) in [6.07, 6.45) is 4.45. The van der Waals surface area contributed by atoms with Gasteiger partial charge >= 0.3 is 0 Å². The fourth-order valence-electron chi connectivity index (χ4n) is 2.53. The van der Waals surface area contributed by atoms with Gasteiger partial charge in [0.15, 0.2) is 0 Å². The molecule has 1 aromatic heterocycles. The van der Waals surface area contributed by atoms with Gasteiger partial charge in [-0.1, -0.05) is 0 Å². The number of carbonyl (C=O) groups is 1. The van der Waals surface area contributed by atoms with Crippen LogP contribution in [-0.2, 0) is 0 Å². The monoisotopic (exact) mass is 287 g/mol. The average Bonchev–Trinajstić information content (AvgIpc) is 3.04. The van der Waals surface area contributed by atoms with Gasteiger partial charge < -0.3 is 10.4 Å². The molecule has 1 saturated carbocycles. The number of hydrogen-bond acceptors (Lipinski definition) is 5. The van der Waals surface area contributed by atoms with Crippen LogP contribution in [0.4, 0.5) is 0 Å². The topological polar surface area (TPSA) is 92.9 Å². The number of amides is 1. The van der Waals surface area contributed by atoms with Crippen molar-refractivity contribution in [2.24, 2.45) is 0 Å². The first-order valence-electron chi connectivity index (χ1n) is 7.05. The molecule has 0 unspecified atom stereocenters. The van der Waals surface area contributed by atoms with Crippen molar-refractivity contribution in [3.8, 4) is 5.69 Å². The predicted molar refractivity (Wildman–Crippen MR) is 74.9 cm³/mol. The van der Waals surface area contributed by atoms with E-state index in [-0.39, 0.29) is 18.1 Å². The van der Waals surface area contributed by atoms with E-state index in [0.717, 1.165) is 31.4 Å². The average molecular weight is 287 g/mol. The van der Waals surface area contributed by atoms with Crippen molar-refractivity contribution in [1.29, 1.82) is 0 Å². The van der Waals surface area contributed by atoms with Gasteiger partial charge in [-0.2, -0.15) is 0 Å². The minimum Gasteiger partial charge on any atom is -0.393 e. The molecule has 1 aromatic carbocycles. The summed E-state index contributed by atoms with van der Waals surface area (Å²) in [5.74, 6) is -0.0837. The first kappa shape index (κ1) is 13.7. The third-order valence-electron chi connectivity index (χ3n) is 3.77. The summed E-state index contributed by atoms with van der Waals surface area (Å²) in [5, 5.41) is 23.4. The van der Waals surface area contributed by atoms with Crippen LogP contribution in [0.5, 0.6) is 0 Å². The zero-order valence-corrected chi connectivity index (χ0v) is 11.5. The third kappa shape index (κ3) is 3.25. The molecule has 0 radical (unpaired) electrons. The molecule has 21 heavy (non-hydrogen) atoms. The van der Waals surface area contributed by atoms with Gasteiger partial charge in [0.05, 0.1) is 11.8 Å². The van der Waals surface area contributed by atoms with Crippen LogP contribution in [0.3, 0.4) is 0 Å². The molecule has 7 nitrogen and oxygen atoms in total. The van der Waals surface area contributed by atoms with Crippen LogP contribution in [0, 0.1) is 0 Å². The SMILES string of the molecule is O=C(NC1CCC(O)CC1)c1ccc(-n2cnnn2)cc1. The van der Waals surface area contributed by atoms with Crippen molar-refractivity contribution >= 4 is 5.91 Å². The number of nitrogens with zero attached hydrogens (tertiary/aromatic N) is 4. The highest BCUT2D eigenvalue weighted by molar-refractivity contribution is 5.94. The molecule has 1 fully saturated rings. The molecule has 7 heteroatoms. The molecule has 1 aliphatic carbocycles. The van der Waals surface area contributed by atoms with Crippen molar-refractivity contribution in [2.45, 2.75) is 37.8 Å². The number of aliphatic hydroxyl groups excluding tert-OH is 1. The lowest BCUT2D eigenvalue weighted by Gasteiger charge is -2.26. The Hall–Kier alpha value is -2.28. The Kier molecular flexibility index (Phi) is 3.92. The molecule has 1 aliphatic rings. The van der Waals surface area contributed by atoms with Gasteiger partial charge in [0.25, 0.3) is 5.91 Å². The quantitative estimate of drug-likeness (QED) is 0.866. The predicted octanol–water partition coefficient (Wildman–Crippen LogP) is 0.696. The molecule has 3 rings (SSSR count). The van der Waals surface area contributed by atoms with E-state index in [1.165, 1.54) is 11.0 Å². The van der Waals surface area contributed by atoms with E-state index in [4.69, 9.17) is 0 Å². The second-order valence-corrected chi connectivity index (χ2v) is 5.28. The maximum atomic E-state index is 12.2. The van der Waals surface area contributed by atoms with Crippen molar-refractivity contribution < 1.29 is 9.90 Å². The van der Waals surface area contributed by atoms with Crippen LogP contribution in [0.1, 0.15) is 36.0 Å². The van der Waals surface area contributed by atoms with Gasteiger partial charge in [0.1, 0.15) is 6.33 Å². The van der Waals surface area contributed by atoms with Crippen molar-refractivity contribution in [3.05, 3.63) is 36.2 Å². The molecule has 110 valence electrons. The second-order valence-electron chi connectivity index (χ2n) is 5.28. The Labute approximate surface area is 122 Å². The van der Waals surface area contributed by atoms with E-state index >= 15 is 0 Å². The molecule has 2 aromatic rings. The van der Waals surface area contributed by atoms with Crippen molar-refractivity contribution in [2.75, 3.05) is 0 Å². The van der Waals surface area contributed by atoms with Crippen LogP contribution >= 0.6 is 0 Å². The van der Waals surface area contributed by atoms with E-state index in [1.807, 2.05) is 0 Å². The van der Waals surface area contributed by atoms with E-state index in [0.29, 0.717) is 5.56 Å². The van der Waals surface area contributed by atoms with Crippen LogP contribution in [-0.4, -0.2) is 43.4 Å². The highest BCUT2D eigenvalue weighted by Crippen LogP contribution is 2.18. The molecule has 0 atom stereocenters. The number of aliphatic hydroxyl groups is 1. The lowest BCUT2D eigenvalue weighted by Crippen LogP contribution is -2.38. The number of nitrogens with one attached hydrogen (secondary N) is 1. The molecule has 0 bridgehead atoms. The van der Waals surface area contributed by atoms with E-state index in [2.05, 4.69) is 20.8 Å². The van der Waals surface area contributed by atoms with E-state index in [1.54, 1.807) is 24.3 Å². The number of carbonyl (C=O) groups excluding carboxylic acids is 1. The van der Waals surface area contributed by atoms with Gasteiger partial charge in [-0.15, -0.1) is 5.10 Å². The Morgan fingerprint density at radius 2 is 1.90 bits per heavy atom. The Morgan fingerprint density at radius 3 is 2.52 bits per heavy atom. The molecule has 0 aliphatic heterocycles. The van der Waals surface area contributed by atoms with E-state index in [9.17, 15) is 9.90 Å². The summed E-state index contributed by atoms with van der Waals surface area (Å²) in [6, 6.07) is 7.26. The first-order valence-corrected chi connectivity index (χ1v) is 7.05. The van der Waals surface area contributed by atoms with Crippen LogP contribution < -0.4 is 5.32 Å². The summed E-state index contributed by atoms with van der Waals surface area (Å²) >= 11 is 0. The zero-order valence-electron chi connectivity index (χ0n) is 11.5. The Balaban J connectivity index is 1.62. The summed E-state index contributed by atoms with van der Waals surface area (Å²) in [4.78, 5) is 12.2. The highest BCUT2D eigenvalue weighted by Gasteiger charge is 2.21. The molecule has 0 spiro atoms. The Morgan fingerprint density at radius 1 is 1.19 bits per heavy atom. The van der Waals surface area contributed by atoms with Crippen LogP contribution in [0.25, 0.3) is 5.69 Å². The lowest BCUT2D eigenvalue weighted by atomic mass is 9.93. The molecule has 1 heterocycles. The summed E-state index contributed by atoms with van der Waals surface area (Å²) in [6.45, 7) is 0. The Bertz CT molecular complexity index is 588. The van der Waals surface area contributed by atoms with Gasteiger partial charge in [0, 0.05) is 11.6 Å². The van der Waals surface area contributed by atoms with Gasteiger partial charge in [-0.05, 0) is 60.4 Å². The largest absolute Gasteiger partial charge is 0.393 e. The van der Waals surface area contributed by atoms with Gasteiger partial charge in [0.2, 0.25) is 0 Å². The summed E-state index contributed by atoms with van der Waals surface area (Å²) < 4.78 is 1.53. The molecular formula is C14H17N5O2. The number of tetrazole rings is 1. The third-order valence-corrected chi connectivity index (χ3v) is 3.77. The van der Waals surface area contributed by atoms with Gasteiger partial charge in [-0.25, -0.2) is 4.68 Å². The van der Waals surface area contributed by atoms with Gasteiger partial charge in [-0.3, -0.25) is 4.79 Å². The minimum atomic E-state index is -0.214. The number of aromatic nitrogens is 4. The van der Waals surface area contributed by atoms with Crippen molar-refractivity contribution in [3.63, 3.8) is 0 Å². The number of rotatable bonds is 3. The summed E-state index contributed by atoms with van der Waals surface area (Å²) in [5.41, 5.74) is 1.41. The fraction of sp³-hybridized carbons (Fsp3) is 0.429. The maximum absolute atomic E-state index is 12.2. The normalized spacial score (nSPS) is 22.0. The van der Waals surface area contributed by atoms with Crippen LogP contribution in [0.2, 0.25) is 0 Å². The van der Waals surface area contributed by atoms with Crippen molar-refractivity contribution in [1.82, 2.24) is 25.5 Å². The minimum absolute atomic E-state index is 0.0837. The standard InChI is InChI=1S/C14H17N5O2/c20-13-7-3-11(4-8-13)16-14(21)10-1-5-12(6-2-10)19-9-15-17-18-19/h1-2,5-6,9,11,13,20H,3-4,7-8H2,(H,16,21). The van der Waals surface area contributed by atoms with Crippen LogP contribution in [0.15, 0.2) is 30.6 Å². The molecule has 2 N–H and O–H groups in total. The zero-order chi connectivity index (χ0) is 14.7. The molecular weight excluding hydrogens is 270 g/mol. The number of hydrogen-bond donors (Lipinski definition) is 2.